The van der Waals surface area contributed by atoms with Crippen molar-refractivity contribution in [3.8, 4) is 23.0 Å². The van der Waals surface area contributed by atoms with Gasteiger partial charge in [-0.3, -0.25) is 4.99 Å². The third-order valence-electron chi connectivity index (χ3n) is 4.51. The first kappa shape index (κ1) is 23.1. The second kappa shape index (κ2) is 11.7. The Morgan fingerprint density at radius 3 is 2.40 bits per heavy atom. The number of aliphatic imine (C=N–C) groups is 1. The highest BCUT2D eigenvalue weighted by Gasteiger charge is 2.16. The number of nitrogens with one attached hydrogen (secondary N) is 2. The van der Waals surface area contributed by atoms with E-state index >= 15 is 0 Å². The minimum absolute atomic E-state index is 0.138. The number of nitrogens with zero attached hydrogens (tertiary/aromatic N) is 1. The highest BCUT2D eigenvalue weighted by molar-refractivity contribution is 5.79. The van der Waals surface area contributed by atoms with E-state index in [0.717, 1.165) is 12.0 Å². The molecule has 0 fully saturated rings. The minimum atomic E-state index is -0.323. The van der Waals surface area contributed by atoms with Crippen LogP contribution in [0.2, 0.25) is 0 Å². The molecule has 0 aliphatic carbocycles. The predicted octanol–water partition coefficient (Wildman–Crippen LogP) is 3.37. The third-order valence-corrected chi connectivity index (χ3v) is 4.51. The van der Waals surface area contributed by atoms with E-state index in [9.17, 15) is 4.39 Å². The number of methoxy groups -OCH3 is 3. The Morgan fingerprint density at radius 2 is 1.80 bits per heavy atom. The fourth-order valence-corrected chi connectivity index (χ4v) is 2.91. The molecule has 1 unspecified atom stereocenters. The largest absolute Gasteiger partial charge is 0.493 e. The number of hydrogen-bond donors (Lipinski definition) is 2. The monoisotopic (exact) mass is 419 g/mol. The van der Waals surface area contributed by atoms with Crippen molar-refractivity contribution < 1.29 is 23.3 Å². The van der Waals surface area contributed by atoms with Gasteiger partial charge in [0, 0.05) is 25.2 Å². The molecule has 0 radical (unpaired) electrons. The average Bonchev–Trinajstić information content (AvgIpc) is 2.77. The van der Waals surface area contributed by atoms with Gasteiger partial charge in [0.2, 0.25) is 5.75 Å². The number of guanidine groups is 1. The van der Waals surface area contributed by atoms with Gasteiger partial charge in [-0.25, -0.2) is 4.39 Å². The van der Waals surface area contributed by atoms with E-state index < -0.39 is 0 Å². The Labute approximate surface area is 177 Å². The van der Waals surface area contributed by atoms with Gasteiger partial charge in [-0.2, -0.15) is 0 Å². The van der Waals surface area contributed by atoms with Crippen molar-refractivity contribution in [1.82, 2.24) is 10.6 Å². The molecule has 30 heavy (non-hydrogen) atoms. The van der Waals surface area contributed by atoms with Crippen LogP contribution in [0.4, 0.5) is 4.39 Å². The Morgan fingerprint density at radius 1 is 1.03 bits per heavy atom. The fourth-order valence-electron chi connectivity index (χ4n) is 2.91. The molecule has 2 N–H and O–H groups in total. The molecule has 0 heterocycles. The second-order valence-electron chi connectivity index (χ2n) is 6.41. The van der Waals surface area contributed by atoms with Gasteiger partial charge in [-0.05, 0) is 30.7 Å². The first-order valence-corrected chi connectivity index (χ1v) is 9.70. The van der Waals surface area contributed by atoms with Crippen molar-refractivity contribution in [2.45, 2.75) is 26.0 Å². The van der Waals surface area contributed by atoms with Crippen LogP contribution in [0, 0.1) is 5.82 Å². The van der Waals surface area contributed by atoms with Gasteiger partial charge in [-0.15, -0.1) is 0 Å². The molecule has 0 amide bonds. The van der Waals surface area contributed by atoms with Gasteiger partial charge in [0.1, 0.15) is 17.7 Å². The highest BCUT2D eigenvalue weighted by atomic mass is 19.1. The number of rotatable bonds is 10. The van der Waals surface area contributed by atoms with E-state index in [4.69, 9.17) is 18.9 Å². The lowest BCUT2D eigenvalue weighted by Crippen LogP contribution is -2.42. The summed E-state index contributed by atoms with van der Waals surface area (Å²) in [5, 5.41) is 6.49. The maximum absolute atomic E-state index is 13.4. The Kier molecular flexibility index (Phi) is 9.05. The summed E-state index contributed by atoms with van der Waals surface area (Å²) in [6, 6.07) is 9.86. The smallest absolute Gasteiger partial charge is 0.203 e. The molecule has 0 aliphatic heterocycles. The van der Waals surface area contributed by atoms with E-state index in [1.807, 2.05) is 19.1 Å². The van der Waals surface area contributed by atoms with E-state index in [0.29, 0.717) is 42.0 Å². The molecule has 0 spiro atoms. The minimum Gasteiger partial charge on any atom is -0.493 e. The van der Waals surface area contributed by atoms with Crippen molar-refractivity contribution >= 4 is 5.96 Å². The predicted molar refractivity (Wildman–Crippen MR) is 115 cm³/mol. The lowest BCUT2D eigenvalue weighted by atomic mass is 10.1. The molecular formula is C22H30FN3O4. The highest BCUT2D eigenvalue weighted by Crippen LogP contribution is 2.39. The molecule has 1 atom stereocenters. The molecule has 0 aromatic heterocycles. The van der Waals surface area contributed by atoms with E-state index in [1.165, 1.54) is 12.1 Å². The van der Waals surface area contributed by atoms with Crippen LogP contribution in [0.1, 0.15) is 18.9 Å². The van der Waals surface area contributed by atoms with Crippen LogP contribution >= 0.6 is 0 Å². The van der Waals surface area contributed by atoms with Crippen LogP contribution in [-0.4, -0.2) is 47.0 Å². The Balaban J connectivity index is 1.97. The molecular weight excluding hydrogens is 389 g/mol. The summed E-state index contributed by atoms with van der Waals surface area (Å²) in [5.74, 6) is 2.52. The zero-order chi connectivity index (χ0) is 21.9. The van der Waals surface area contributed by atoms with Crippen LogP contribution in [0.3, 0.4) is 0 Å². The van der Waals surface area contributed by atoms with Crippen LogP contribution in [0.25, 0.3) is 0 Å². The standard InChI is InChI=1S/C22H30FN3O4/c1-6-17(30-18-9-7-8-16(23)12-18)14-26-22(24-2)25-13-15-10-11-19(27-3)21(29-5)20(15)28-4/h7-12,17H,6,13-14H2,1-5H3,(H2,24,25,26). The summed E-state index contributed by atoms with van der Waals surface area (Å²) in [7, 11) is 6.43. The van der Waals surface area contributed by atoms with Crippen molar-refractivity contribution in [2.24, 2.45) is 4.99 Å². The zero-order valence-corrected chi connectivity index (χ0v) is 18.1. The quantitative estimate of drug-likeness (QED) is 0.454. The van der Waals surface area contributed by atoms with Gasteiger partial charge in [0.05, 0.1) is 27.9 Å². The van der Waals surface area contributed by atoms with Crippen molar-refractivity contribution in [1.29, 1.82) is 0 Å². The van der Waals surface area contributed by atoms with Crippen LogP contribution in [0.5, 0.6) is 23.0 Å². The summed E-state index contributed by atoms with van der Waals surface area (Å²) in [6.07, 6.45) is 0.616. The van der Waals surface area contributed by atoms with E-state index in [1.54, 1.807) is 40.5 Å². The molecule has 0 aliphatic rings. The molecule has 0 saturated carbocycles. The average molecular weight is 419 g/mol. The molecule has 0 saturated heterocycles. The van der Waals surface area contributed by atoms with Crippen molar-refractivity contribution in [2.75, 3.05) is 34.9 Å². The van der Waals surface area contributed by atoms with Crippen LogP contribution in [-0.2, 0) is 6.54 Å². The molecule has 2 aromatic carbocycles. The first-order chi connectivity index (χ1) is 14.6. The number of benzene rings is 2. The van der Waals surface area contributed by atoms with Crippen LogP contribution in [0.15, 0.2) is 41.4 Å². The van der Waals surface area contributed by atoms with Crippen molar-refractivity contribution in [3.05, 3.63) is 47.8 Å². The Hall–Kier alpha value is -3.16. The fraction of sp³-hybridized carbons (Fsp3) is 0.409. The van der Waals surface area contributed by atoms with Gasteiger partial charge in [-0.1, -0.05) is 13.0 Å². The van der Waals surface area contributed by atoms with Gasteiger partial charge in [0.25, 0.3) is 0 Å². The van der Waals surface area contributed by atoms with E-state index in [2.05, 4.69) is 15.6 Å². The van der Waals surface area contributed by atoms with Crippen molar-refractivity contribution in [3.63, 3.8) is 0 Å². The summed E-state index contributed by atoms with van der Waals surface area (Å²) in [4.78, 5) is 4.24. The maximum atomic E-state index is 13.4. The molecule has 2 rings (SSSR count). The summed E-state index contributed by atoms with van der Waals surface area (Å²) in [5.41, 5.74) is 0.890. The molecule has 7 nitrogen and oxygen atoms in total. The van der Waals surface area contributed by atoms with Gasteiger partial charge >= 0.3 is 0 Å². The third kappa shape index (κ3) is 6.17. The lowest BCUT2D eigenvalue weighted by Gasteiger charge is -2.20. The maximum Gasteiger partial charge on any atom is 0.203 e. The first-order valence-electron chi connectivity index (χ1n) is 9.70. The number of halogens is 1. The summed E-state index contributed by atoms with van der Waals surface area (Å²) >= 11 is 0. The molecule has 8 heteroatoms. The molecule has 2 aromatic rings. The number of hydrogen-bond acceptors (Lipinski definition) is 5. The van der Waals surface area contributed by atoms with E-state index in [-0.39, 0.29) is 11.9 Å². The van der Waals surface area contributed by atoms with Gasteiger partial charge < -0.3 is 29.6 Å². The Bertz CT molecular complexity index is 845. The van der Waals surface area contributed by atoms with Gasteiger partial charge in [0.15, 0.2) is 17.5 Å². The lowest BCUT2D eigenvalue weighted by molar-refractivity contribution is 0.198. The normalized spacial score (nSPS) is 12.1. The SMILES string of the molecule is CCC(CNC(=NC)NCc1ccc(OC)c(OC)c1OC)Oc1cccc(F)c1. The second-order valence-corrected chi connectivity index (χ2v) is 6.41. The molecule has 0 bridgehead atoms. The summed E-state index contributed by atoms with van der Waals surface area (Å²) in [6.45, 7) is 2.98. The topological polar surface area (TPSA) is 73.3 Å². The van der Waals surface area contributed by atoms with Crippen LogP contribution < -0.4 is 29.6 Å². The zero-order valence-electron chi connectivity index (χ0n) is 18.1. The number of ether oxygens (including phenoxy) is 4. The summed E-state index contributed by atoms with van der Waals surface area (Å²) < 4.78 is 35.5. The molecule has 164 valence electrons.